The fourth-order valence-electron chi connectivity index (χ4n) is 2.92. The second-order valence-corrected chi connectivity index (χ2v) is 7.51. The lowest BCUT2D eigenvalue weighted by atomic mass is 10.1. The Balaban J connectivity index is 2.48. The van der Waals surface area contributed by atoms with Gasteiger partial charge in [-0.2, -0.15) is 0 Å². The van der Waals surface area contributed by atoms with Crippen molar-refractivity contribution in [2.75, 3.05) is 30.8 Å². The van der Waals surface area contributed by atoms with Crippen LogP contribution < -0.4 is 15.8 Å². The second-order valence-electron chi connectivity index (χ2n) is 5.98. The van der Waals surface area contributed by atoms with E-state index < -0.39 is 10.0 Å². The lowest BCUT2D eigenvalue weighted by Crippen LogP contribution is -2.55. The van der Waals surface area contributed by atoms with Crippen LogP contribution in [0.5, 0.6) is 0 Å². The van der Waals surface area contributed by atoms with Gasteiger partial charge in [0.25, 0.3) is 0 Å². The summed E-state index contributed by atoms with van der Waals surface area (Å²) in [6, 6.07) is 4.02. The van der Waals surface area contributed by atoms with Gasteiger partial charge in [0, 0.05) is 36.5 Å². The molecule has 2 atom stereocenters. The number of benzene rings is 1. The zero-order valence-electron chi connectivity index (χ0n) is 13.0. The molecule has 118 valence electrons. The van der Waals surface area contributed by atoms with E-state index in [0.717, 1.165) is 18.8 Å². The lowest BCUT2D eigenvalue weighted by Gasteiger charge is -2.44. The zero-order valence-corrected chi connectivity index (χ0v) is 13.8. The summed E-state index contributed by atoms with van der Waals surface area (Å²) in [5.74, 6) is 0. The van der Waals surface area contributed by atoms with Gasteiger partial charge < -0.3 is 10.6 Å². The van der Waals surface area contributed by atoms with Crippen LogP contribution in [-0.4, -0.2) is 45.5 Å². The molecule has 0 spiro atoms. The molecule has 0 aromatic heterocycles. The number of anilines is 2. The smallest absolute Gasteiger partial charge is 0.238 e. The van der Waals surface area contributed by atoms with Gasteiger partial charge in [0.1, 0.15) is 0 Å². The molecule has 6 nitrogen and oxygen atoms in total. The molecule has 1 heterocycles. The molecule has 0 radical (unpaired) electrons. The maximum atomic E-state index is 11.7. The minimum Gasteiger partial charge on any atom is -0.399 e. The number of piperazine rings is 1. The van der Waals surface area contributed by atoms with E-state index >= 15 is 0 Å². The summed E-state index contributed by atoms with van der Waals surface area (Å²) in [5, 5.41) is 5.29. The molecule has 2 rings (SSSR count). The van der Waals surface area contributed by atoms with Crippen LogP contribution in [0.25, 0.3) is 0 Å². The number of nitrogens with zero attached hydrogens (tertiary/aromatic N) is 2. The Morgan fingerprint density at radius 3 is 2.19 bits per heavy atom. The molecule has 1 aromatic carbocycles. The second kappa shape index (κ2) is 5.47. The Labute approximate surface area is 126 Å². The maximum Gasteiger partial charge on any atom is 0.238 e. The molecule has 4 N–H and O–H groups in total. The summed E-state index contributed by atoms with van der Waals surface area (Å²) in [6.45, 7) is 7.75. The highest BCUT2D eigenvalue weighted by Crippen LogP contribution is 2.31. The number of hydrogen-bond acceptors (Lipinski definition) is 5. The molecule has 1 aromatic rings. The number of nitrogen functional groups attached to an aromatic ring is 1. The van der Waals surface area contributed by atoms with Crippen molar-refractivity contribution < 1.29 is 8.42 Å². The first kappa shape index (κ1) is 16.1. The van der Waals surface area contributed by atoms with Gasteiger partial charge in [-0.3, -0.25) is 4.90 Å². The fourth-order valence-corrected chi connectivity index (χ4v) is 3.75. The third kappa shape index (κ3) is 3.14. The first-order valence-corrected chi connectivity index (χ1v) is 8.55. The van der Waals surface area contributed by atoms with Crippen molar-refractivity contribution >= 4 is 21.4 Å². The van der Waals surface area contributed by atoms with Crippen LogP contribution in [0, 0.1) is 6.92 Å². The van der Waals surface area contributed by atoms with Gasteiger partial charge in [-0.05, 0) is 45.5 Å². The van der Waals surface area contributed by atoms with Gasteiger partial charge in [0.05, 0.1) is 4.90 Å². The Morgan fingerprint density at radius 1 is 1.19 bits per heavy atom. The average Bonchev–Trinajstić information content (AvgIpc) is 2.36. The van der Waals surface area contributed by atoms with Crippen LogP contribution in [0.3, 0.4) is 0 Å². The number of nitrogens with two attached hydrogens (primary N) is 2. The van der Waals surface area contributed by atoms with Gasteiger partial charge in [-0.25, -0.2) is 13.6 Å². The SMILES string of the molecule is Cc1c(N2CC(C)N(C)C(C)C2)cc(N)cc1S(N)(=O)=O. The highest BCUT2D eigenvalue weighted by molar-refractivity contribution is 7.89. The fraction of sp³-hybridized carbons (Fsp3) is 0.571. The maximum absolute atomic E-state index is 11.7. The molecule has 1 saturated heterocycles. The molecular weight excluding hydrogens is 288 g/mol. The predicted molar refractivity (Wildman–Crippen MR) is 85.9 cm³/mol. The van der Waals surface area contributed by atoms with Gasteiger partial charge >= 0.3 is 0 Å². The van der Waals surface area contributed by atoms with Gasteiger partial charge in [0.2, 0.25) is 10.0 Å². The summed E-state index contributed by atoms with van der Waals surface area (Å²) >= 11 is 0. The Bertz CT molecular complexity index is 633. The van der Waals surface area contributed by atoms with Crippen molar-refractivity contribution in [1.29, 1.82) is 0 Å². The average molecular weight is 312 g/mol. The third-order valence-corrected chi connectivity index (χ3v) is 5.40. The first-order valence-electron chi connectivity index (χ1n) is 7.01. The van der Waals surface area contributed by atoms with Crippen molar-refractivity contribution in [3.63, 3.8) is 0 Å². The van der Waals surface area contributed by atoms with E-state index in [9.17, 15) is 8.42 Å². The van der Waals surface area contributed by atoms with E-state index in [-0.39, 0.29) is 4.90 Å². The molecule has 0 saturated carbocycles. The molecule has 1 aliphatic rings. The lowest BCUT2D eigenvalue weighted by molar-refractivity contribution is 0.170. The van der Waals surface area contributed by atoms with Crippen molar-refractivity contribution in [3.05, 3.63) is 17.7 Å². The third-order valence-electron chi connectivity index (χ3n) is 4.36. The molecule has 0 bridgehead atoms. The quantitative estimate of drug-likeness (QED) is 0.786. The van der Waals surface area contributed by atoms with E-state index in [2.05, 4.69) is 30.7 Å². The molecule has 21 heavy (non-hydrogen) atoms. The number of rotatable bonds is 2. The van der Waals surface area contributed by atoms with Crippen LogP contribution in [0.4, 0.5) is 11.4 Å². The number of likely N-dealkylation sites (N-methyl/N-ethyl adjacent to an activating group) is 1. The molecule has 0 amide bonds. The summed E-state index contributed by atoms with van der Waals surface area (Å²) in [6.07, 6.45) is 0. The molecule has 7 heteroatoms. The Kier molecular flexibility index (Phi) is 4.19. The van der Waals surface area contributed by atoms with E-state index in [4.69, 9.17) is 10.9 Å². The van der Waals surface area contributed by atoms with Gasteiger partial charge in [0.15, 0.2) is 0 Å². The van der Waals surface area contributed by atoms with Crippen molar-refractivity contribution in [2.45, 2.75) is 37.8 Å². The van der Waals surface area contributed by atoms with E-state index in [1.165, 1.54) is 6.07 Å². The Morgan fingerprint density at radius 2 is 1.71 bits per heavy atom. The predicted octanol–water partition coefficient (Wildman–Crippen LogP) is 0.753. The summed E-state index contributed by atoms with van der Waals surface area (Å²) in [7, 11) is -1.67. The monoisotopic (exact) mass is 312 g/mol. The zero-order chi connectivity index (χ0) is 15.9. The normalized spacial score (nSPS) is 24.3. The van der Waals surface area contributed by atoms with E-state index in [0.29, 0.717) is 23.3 Å². The van der Waals surface area contributed by atoms with E-state index in [1.54, 1.807) is 6.92 Å². The molecule has 2 unspecified atom stereocenters. The number of sulfonamides is 1. The standard InChI is InChI=1S/C14H24N4O2S/c1-9-7-18(8-10(2)17(9)4)13-5-12(15)6-14(11(13)3)21(16,19)20/h5-6,9-10H,7-8,15H2,1-4H3,(H2,16,19,20). The minimum atomic E-state index is -3.77. The summed E-state index contributed by atoms with van der Waals surface area (Å²) in [5.41, 5.74) is 7.80. The first-order chi connectivity index (χ1) is 9.61. The highest BCUT2D eigenvalue weighted by atomic mass is 32.2. The Hall–Kier alpha value is -1.31. The van der Waals surface area contributed by atoms with Crippen molar-refractivity contribution in [1.82, 2.24) is 4.90 Å². The van der Waals surface area contributed by atoms with Gasteiger partial charge in [-0.15, -0.1) is 0 Å². The van der Waals surface area contributed by atoms with Crippen LogP contribution in [-0.2, 0) is 10.0 Å². The molecular formula is C14H24N4O2S. The molecule has 1 fully saturated rings. The topological polar surface area (TPSA) is 92.7 Å². The van der Waals surface area contributed by atoms with Crippen LogP contribution in [0.1, 0.15) is 19.4 Å². The van der Waals surface area contributed by atoms with Crippen LogP contribution in [0.2, 0.25) is 0 Å². The van der Waals surface area contributed by atoms with Crippen molar-refractivity contribution in [2.24, 2.45) is 5.14 Å². The molecule has 1 aliphatic heterocycles. The number of primary sulfonamides is 1. The number of hydrogen-bond donors (Lipinski definition) is 2. The largest absolute Gasteiger partial charge is 0.399 e. The highest BCUT2D eigenvalue weighted by Gasteiger charge is 2.28. The summed E-state index contributed by atoms with van der Waals surface area (Å²) < 4.78 is 23.4. The van der Waals surface area contributed by atoms with Crippen LogP contribution >= 0.6 is 0 Å². The minimum absolute atomic E-state index is 0.108. The molecule has 0 aliphatic carbocycles. The van der Waals surface area contributed by atoms with Crippen molar-refractivity contribution in [3.8, 4) is 0 Å². The summed E-state index contributed by atoms with van der Waals surface area (Å²) in [4.78, 5) is 4.62. The van der Waals surface area contributed by atoms with E-state index in [1.807, 2.05) is 6.07 Å². The van der Waals surface area contributed by atoms with Crippen LogP contribution in [0.15, 0.2) is 17.0 Å². The van der Waals surface area contributed by atoms with Gasteiger partial charge in [-0.1, -0.05) is 0 Å².